The number of nitrogens with one attached hydrogen (secondary N) is 2. The first-order valence-corrected chi connectivity index (χ1v) is 7.72. The van der Waals surface area contributed by atoms with Crippen LogP contribution in [0.3, 0.4) is 0 Å². The molecule has 7 nitrogen and oxygen atoms in total. The number of rotatable bonds is 7. The first-order valence-electron chi connectivity index (χ1n) is 7.72. The zero-order valence-electron chi connectivity index (χ0n) is 14.1. The van der Waals surface area contributed by atoms with Crippen molar-refractivity contribution in [2.24, 2.45) is 5.41 Å². The number of urea groups is 1. The van der Waals surface area contributed by atoms with Crippen molar-refractivity contribution in [3.63, 3.8) is 0 Å². The minimum atomic E-state index is -0.578. The first kappa shape index (κ1) is 18.4. The molecule has 0 aliphatic carbocycles. The fourth-order valence-electron chi connectivity index (χ4n) is 1.60. The molecule has 0 aliphatic rings. The third-order valence-electron chi connectivity index (χ3n) is 3.31. The largest absolute Gasteiger partial charge is 0.391 e. The van der Waals surface area contributed by atoms with Gasteiger partial charge in [-0.25, -0.2) is 4.79 Å². The molecule has 0 aromatic carbocycles. The second-order valence-corrected chi connectivity index (χ2v) is 6.82. The molecule has 0 spiro atoms. The molecule has 0 saturated carbocycles. The van der Waals surface area contributed by atoms with Gasteiger partial charge in [0.15, 0.2) is 5.82 Å². The van der Waals surface area contributed by atoms with E-state index in [-0.39, 0.29) is 23.9 Å². The van der Waals surface area contributed by atoms with Gasteiger partial charge in [0.25, 0.3) is 0 Å². The Hall–Kier alpha value is -1.63. The van der Waals surface area contributed by atoms with Crippen LogP contribution < -0.4 is 10.6 Å². The highest BCUT2D eigenvalue weighted by molar-refractivity contribution is 5.73. The van der Waals surface area contributed by atoms with Crippen molar-refractivity contribution in [2.45, 2.75) is 59.5 Å². The molecule has 22 heavy (non-hydrogen) atoms. The molecule has 2 amide bonds. The zero-order chi connectivity index (χ0) is 16.8. The van der Waals surface area contributed by atoms with Crippen molar-refractivity contribution in [3.05, 3.63) is 11.7 Å². The Bertz CT molecular complexity index is 466. The Labute approximate surface area is 131 Å². The third kappa shape index (κ3) is 6.43. The van der Waals surface area contributed by atoms with E-state index >= 15 is 0 Å². The summed E-state index contributed by atoms with van der Waals surface area (Å²) in [6.45, 7) is 10.5. The summed E-state index contributed by atoms with van der Waals surface area (Å²) in [6.07, 6.45) is 0.769. The van der Waals surface area contributed by atoms with E-state index in [1.807, 2.05) is 34.6 Å². The van der Waals surface area contributed by atoms with E-state index in [0.29, 0.717) is 24.7 Å². The molecule has 1 rings (SSSR count). The lowest BCUT2D eigenvalue weighted by molar-refractivity contribution is 0.0650. The van der Waals surface area contributed by atoms with E-state index in [1.54, 1.807) is 0 Å². The number of aliphatic hydroxyl groups excluding tert-OH is 1. The number of aliphatic hydroxyl groups is 1. The van der Waals surface area contributed by atoms with Gasteiger partial charge < -0.3 is 20.3 Å². The number of aromatic nitrogens is 2. The van der Waals surface area contributed by atoms with Gasteiger partial charge in [-0.1, -0.05) is 39.8 Å². The van der Waals surface area contributed by atoms with E-state index in [9.17, 15) is 9.90 Å². The highest BCUT2D eigenvalue weighted by Crippen LogP contribution is 2.17. The molecule has 1 aromatic rings. The van der Waals surface area contributed by atoms with Gasteiger partial charge in [-0.2, -0.15) is 4.98 Å². The van der Waals surface area contributed by atoms with Crippen LogP contribution in [0.15, 0.2) is 4.52 Å². The Morgan fingerprint density at radius 2 is 2.00 bits per heavy atom. The number of hydrogen-bond acceptors (Lipinski definition) is 5. The van der Waals surface area contributed by atoms with Crippen molar-refractivity contribution in [1.82, 2.24) is 20.8 Å². The zero-order valence-corrected chi connectivity index (χ0v) is 14.1. The van der Waals surface area contributed by atoms with E-state index in [1.165, 1.54) is 0 Å². The molecule has 0 saturated heterocycles. The van der Waals surface area contributed by atoms with Gasteiger partial charge in [0.05, 0.1) is 6.10 Å². The summed E-state index contributed by atoms with van der Waals surface area (Å²) in [5.41, 5.74) is -0.251. The van der Waals surface area contributed by atoms with Crippen LogP contribution in [0.5, 0.6) is 0 Å². The van der Waals surface area contributed by atoms with Crippen LogP contribution in [-0.2, 0) is 6.42 Å². The maximum Gasteiger partial charge on any atom is 0.314 e. The molecular formula is C15H28N4O3. The van der Waals surface area contributed by atoms with Crippen LogP contribution in [0.4, 0.5) is 4.79 Å². The summed E-state index contributed by atoms with van der Waals surface area (Å²) >= 11 is 0. The van der Waals surface area contributed by atoms with Gasteiger partial charge in [-0.05, 0) is 11.8 Å². The van der Waals surface area contributed by atoms with E-state index in [0.717, 1.165) is 6.42 Å². The molecule has 0 aliphatic heterocycles. The standard InChI is InChI=1S/C15H28N4O3/c1-10(2)13-18-12(22-19-13)7-6-8-16-14(21)17-9-11(20)15(3,4)5/h10-11,20H,6-9H2,1-5H3,(H2,16,17,21). The van der Waals surface area contributed by atoms with Gasteiger partial charge in [0, 0.05) is 25.4 Å². The smallest absolute Gasteiger partial charge is 0.314 e. The molecular weight excluding hydrogens is 284 g/mol. The number of carbonyl (C=O) groups is 1. The second-order valence-electron chi connectivity index (χ2n) is 6.82. The minimum absolute atomic E-state index is 0.233. The fraction of sp³-hybridized carbons (Fsp3) is 0.800. The lowest BCUT2D eigenvalue weighted by Crippen LogP contribution is -2.43. The van der Waals surface area contributed by atoms with E-state index in [4.69, 9.17) is 4.52 Å². The highest BCUT2D eigenvalue weighted by atomic mass is 16.5. The van der Waals surface area contributed by atoms with Crippen LogP contribution in [0.1, 0.15) is 58.7 Å². The third-order valence-corrected chi connectivity index (χ3v) is 3.31. The minimum Gasteiger partial charge on any atom is -0.391 e. The topological polar surface area (TPSA) is 100 Å². The average Bonchev–Trinajstić information content (AvgIpc) is 2.88. The highest BCUT2D eigenvalue weighted by Gasteiger charge is 2.22. The van der Waals surface area contributed by atoms with E-state index in [2.05, 4.69) is 20.8 Å². The van der Waals surface area contributed by atoms with Crippen molar-refractivity contribution in [1.29, 1.82) is 0 Å². The summed E-state index contributed by atoms with van der Waals surface area (Å²) in [7, 11) is 0. The number of nitrogens with zero attached hydrogens (tertiary/aromatic N) is 2. The second kappa shape index (κ2) is 8.12. The molecule has 3 N–H and O–H groups in total. The number of amides is 2. The molecule has 0 bridgehead atoms. The number of carbonyl (C=O) groups excluding carboxylic acids is 1. The lowest BCUT2D eigenvalue weighted by Gasteiger charge is -2.25. The SMILES string of the molecule is CC(C)c1noc(CCCNC(=O)NCC(O)C(C)(C)C)n1. The summed E-state index contributed by atoms with van der Waals surface area (Å²) in [5, 5.41) is 19.1. The quantitative estimate of drug-likeness (QED) is 0.667. The van der Waals surface area contributed by atoms with Crippen molar-refractivity contribution < 1.29 is 14.4 Å². The van der Waals surface area contributed by atoms with E-state index < -0.39 is 6.10 Å². The van der Waals surface area contributed by atoms with Gasteiger partial charge in [0.2, 0.25) is 5.89 Å². The van der Waals surface area contributed by atoms with Crippen LogP contribution >= 0.6 is 0 Å². The van der Waals surface area contributed by atoms with Crippen LogP contribution in [0, 0.1) is 5.41 Å². The average molecular weight is 312 g/mol. The molecule has 1 aromatic heterocycles. The molecule has 1 unspecified atom stereocenters. The van der Waals surface area contributed by atoms with Crippen LogP contribution in [-0.4, -0.2) is 40.5 Å². The summed E-state index contributed by atoms with van der Waals surface area (Å²) < 4.78 is 5.13. The predicted octanol–water partition coefficient (Wildman–Crippen LogP) is 1.83. The monoisotopic (exact) mass is 312 g/mol. The van der Waals surface area contributed by atoms with Gasteiger partial charge in [-0.3, -0.25) is 0 Å². The Morgan fingerprint density at radius 1 is 1.32 bits per heavy atom. The molecule has 7 heteroatoms. The summed E-state index contributed by atoms with van der Waals surface area (Å²) in [5.74, 6) is 1.54. The summed E-state index contributed by atoms with van der Waals surface area (Å²) in [4.78, 5) is 15.9. The van der Waals surface area contributed by atoms with Crippen molar-refractivity contribution >= 4 is 6.03 Å². The number of hydrogen-bond donors (Lipinski definition) is 3. The summed E-state index contributed by atoms with van der Waals surface area (Å²) in [6, 6.07) is -0.281. The molecule has 126 valence electrons. The normalized spacial score (nSPS) is 13.2. The fourth-order valence-corrected chi connectivity index (χ4v) is 1.60. The van der Waals surface area contributed by atoms with Gasteiger partial charge in [-0.15, -0.1) is 0 Å². The molecule has 1 heterocycles. The Balaban J connectivity index is 2.17. The van der Waals surface area contributed by atoms with Crippen LogP contribution in [0.25, 0.3) is 0 Å². The van der Waals surface area contributed by atoms with Crippen LogP contribution in [0.2, 0.25) is 0 Å². The maximum atomic E-state index is 11.6. The van der Waals surface area contributed by atoms with Gasteiger partial charge in [0.1, 0.15) is 0 Å². The molecule has 0 radical (unpaired) electrons. The van der Waals surface area contributed by atoms with Crippen molar-refractivity contribution in [2.75, 3.05) is 13.1 Å². The Morgan fingerprint density at radius 3 is 2.55 bits per heavy atom. The maximum absolute atomic E-state index is 11.6. The van der Waals surface area contributed by atoms with Gasteiger partial charge >= 0.3 is 6.03 Å². The van der Waals surface area contributed by atoms with Crippen molar-refractivity contribution in [3.8, 4) is 0 Å². The molecule has 1 atom stereocenters. The number of aryl methyl sites for hydroxylation is 1. The molecule has 0 fully saturated rings. The lowest BCUT2D eigenvalue weighted by atomic mass is 9.89. The predicted molar refractivity (Wildman–Crippen MR) is 83.6 cm³/mol. The first-order chi connectivity index (χ1) is 10.2. The Kier molecular flexibility index (Phi) is 6.80.